The first-order valence-electron chi connectivity index (χ1n) is 7.37. The van der Waals surface area contributed by atoms with Crippen molar-refractivity contribution >= 4 is 0 Å². The van der Waals surface area contributed by atoms with Crippen LogP contribution in [0.2, 0.25) is 0 Å². The quantitative estimate of drug-likeness (QED) is 0.889. The summed E-state index contributed by atoms with van der Waals surface area (Å²) < 4.78 is 1.83. The van der Waals surface area contributed by atoms with Crippen LogP contribution in [-0.2, 0) is 13.5 Å². The molecule has 3 heteroatoms. The highest BCUT2D eigenvalue weighted by molar-refractivity contribution is 5.20. The van der Waals surface area contributed by atoms with Crippen LogP contribution in [-0.4, -0.2) is 14.9 Å². The van der Waals surface area contributed by atoms with Crippen LogP contribution in [0.25, 0.3) is 0 Å². The molecule has 0 aliphatic heterocycles. The summed E-state index contributed by atoms with van der Waals surface area (Å²) >= 11 is 0. The predicted octanol–water partition coefficient (Wildman–Crippen LogP) is 2.84. The maximum Gasteiger partial charge on any atom is 0.0826 e. The Hall–Kier alpha value is -0.830. The highest BCUT2D eigenvalue weighted by Crippen LogP contribution is 2.51. The number of rotatable bonds is 4. The van der Waals surface area contributed by atoms with Crippen molar-refractivity contribution in [3.05, 3.63) is 17.5 Å². The van der Waals surface area contributed by atoms with E-state index in [-0.39, 0.29) is 6.10 Å². The smallest absolute Gasteiger partial charge is 0.0826 e. The van der Waals surface area contributed by atoms with Gasteiger partial charge in [-0.25, -0.2) is 0 Å². The Bertz CT molecular complexity index is 426. The second-order valence-electron chi connectivity index (χ2n) is 6.24. The lowest BCUT2D eigenvalue weighted by Gasteiger charge is -2.24. The second-order valence-corrected chi connectivity index (χ2v) is 6.24. The summed E-state index contributed by atoms with van der Waals surface area (Å²) in [6.07, 6.45) is 9.15. The van der Waals surface area contributed by atoms with Gasteiger partial charge in [0.2, 0.25) is 0 Å². The van der Waals surface area contributed by atoms with Crippen LogP contribution in [0.3, 0.4) is 0 Å². The summed E-state index contributed by atoms with van der Waals surface area (Å²) in [6.45, 7) is 2.11. The van der Waals surface area contributed by atoms with Crippen LogP contribution in [0.15, 0.2) is 6.20 Å². The van der Waals surface area contributed by atoms with Crippen molar-refractivity contribution in [3.8, 4) is 0 Å². The number of aliphatic hydroxyl groups excluding tert-OH is 1. The van der Waals surface area contributed by atoms with Gasteiger partial charge in [-0.3, -0.25) is 4.68 Å². The van der Waals surface area contributed by atoms with Crippen molar-refractivity contribution in [2.24, 2.45) is 24.8 Å². The standard InChI is InChI=1S/C15H24N2O/c1-3-14-13(9-17(2)16-14)15(18)8-12-7-10-4-5-11(12)6-10/h9-12,15,18H,3-8H2,1-2H3. The van der Waals surface area contributed by atoms with Gasteiger partial charge < -0.3 is 5.11 Å². The molecule has 18 heavy (non-hydrogen) atoms. The number of hydrogen-bond acceptors (Lipinski definition) is 2. The molecule has 2 fully saturated rings. The third-order valence-corrected chi connectivity index (χ3v) is 5.04. The van der Waals surface area contributed by atoms with Gasteiger partial charge in [0.1, 0.15) is 0 Å². The zero-order valence-electron chi connectivity index (χ0n) is 11.5. The van der Waals surface area contributed by atoms with Gasteiger partial charge in [-0.05, 0) is 49.9 Å². The first-order valence-corrected chi connectivity index (χ1v) is 7.37. The van der Waals surface area contributed by atoms with E-state index in [0.717, 1.165) is 41.9 Å². The Morgan fingerprint density at radius 2 is 2.28 bits per heavy atom. The molecule has 1 aromatic rings. The van der Waals surface area contributed by atoms with Crippen molar-refractivity contribution in [2.45, 2.75) is 51.6 Å². The molecule has 2 bridgehead atoms. The minimum absolute atomic E-state index is 0.307. The summed E-state index contributed by atoms with van der Waals surface area (Å²) in [5.74, 6) is 2.61. The zero-order chi connectivity index (χ0) is 12.7. The molecule has 3 rings (SSSR count). The van der Waals surface area contributed by atoms with Gasteiger partial charge in [-0.1, -0.05) is 13.3 Å². The Morgan fingerprint density at radius 3 is 2.89 bits per heavy atom. The molecule has 0 saturated heterocycles. The second kappa shape index (κ2) is 4.69. The number of aliphatic hydroxyl groups is 1. The van der Waals surface area contributed by atoms with Crippen LogP contribution < -0.4 is 0 Å². The van der Waals surface area contributed by atoms with Crippen LogP contribution in [0.4, 0.5) is 0 Å². The van der Waals surface area contributed by atoms with Gasteiger partial charge in [0.25, 0.3) is 0 Å². The third-order valence-electron chi connectivity index (χ3n) is 5.04. The number of hydrogen-bond donors (Lipinski definition) is 1. The molecule has 2 saturated carbocycles. The summed E-state index contributed by atoms with van der Waals surface area (Å²) in [6, 6.07) is 0. The Morgan fingerprint density at radius 1 is 1.44 bits per heavy atom. The van der Waals surface area contributed by atoms with Crippen molar-refractivity contribution in [3.63, 3.8) is 0 Å². The minimum Gasteiger partial charge on any atom is -0.388 e. The highest BCUT2D eigenvalue weighted by atomic mass is 16.3. The third kappa shape index (κ3) is 2.09. The van der Waals surface area contributed by atoms with Crippen molar-refractivity contribution in [2.75, 3.05) is 0 Å². The van der Waals surface area contributed by atoms with Crippen molar-refractivity contribution in [1.82, 2.24) is 9.78 Å². The molecule has 4 atom stereocenters. The molecule has 1 heterocycles. The Labute approximate surface area is 109 Å². The summed E-state index contributed by atoms with van der Waals surface area (Å²) in [5.41, 5.74) is 2.12. The molecule has 1 aromatic heterocycles. The lowest BCUT2D eigenvalue weighted by Crippen LogP contribution is -2.14. The lowest BCUT2D eigenvalue weighted by molar-refractivity contribution is 0.125. The van der Waals surface area contributed by atoms with Gasteiger partial charge in [0.15, 0.2) is 0 Å². The maximum absolute atomic E-state index is 10.5. The largest absolute Gasteiger partial charge is 0.388 e. The summed E-state index contributed by atoms with van der Waals surface area (Å²) in [5, 5.41) is 14.9. The van der Waals surface area contributed by atoms with Crippen molar-refractivity contribution < 1.29 is 5.11 Å². The van der Waals surface area contributed by atoms with Crippen LogP contribution >= 0.6 is 0 Å². The number of aromatic nitrogens is 2. The molecule has 4 unspecified atom stereocenters. The molecule has 0 radical (unpaired) electrons. The Kier molecular flexibility index (Phi) is 3.18. The minimum atomic E-state index is -0.307. The van der Waals surface area contributed by atoms with Crippen molar-refractivity contribution in [1.29, 1.82) is 0 Å². The topological polar surface area (TPSA) is 38.0 Å². The van der Waals surface area contributed by atoms with E-state index in [4.69, 9.17) is 0 Å². The first kappa shape index (κ1) is 12.2. The van der Waals surface area contributed by atoms with Gasteiger partial charge >= 0.3 is 0 Å². The van der Waals surface area contributed by atoms with E-state index in [1.165, 1.54) is 25.7 Å². The molecule has 100 valence electrons. The van der Waals surface area contributed by atoms with E-state index in [9.17, 15) is 5.11 Å². The molecule has 0 spiro atoms. The van der Waals surface area contributed by atoms with E-state index in [1.807, 2.05) is 17.9 Å². The van der Waals surface area contributed by atoms with Gasteiger partial charge in [0, 0.05) is 18.8 Å². The zero-order valence-corrected chi connectivity index (χ0v) is 11.5. The molecule has 2 aliphatic rings. The van der Waals surface area contributed by atoms with Gasteiger partial charge in [-0.2, -0.15) is 5.10 Å². The Balaban J connectivity index is 1.69. The van der Waals surface area contributed by atoms with Crippen LogP contribution in [0.1, 0.15) is 56.4 Å². The fourth-order valence-corrected chi connectivity index (χ4v) is 4.18. The van der Waals surface area contributed by atoms with Gasteiger partial charge in [-0.15, -0.1) is 0 Å². The van der Waals surface area contributed by atoms with E-state index in [0.29, 0.717) is 0 Å². The number of aryl methyl sites for hydroxylation is 2. The van der Waals surface area contributed by atoms with E-state index >= 15 is 0 Å². The maximum atomic E-state index is 10.5. The van der Waals surface area contributed by atoms with Gasteiger partial charge in [0.05, 0.1) is 11.8 Å². The average molecular weight is 248 g/mol. The fraction of sp³-hybridized carbons (Fsp3) is 0.800. The van der Waals surface area contributed by atoms with Crippen LogP contribution in [0.5, 0.6) is 0 Å². The fourth-order valence-electron chi connectivity index (χ4n) is 4.18. The van der Waals surface area contributed by atoms with E-state index < -0.39 is 0 Å². The predicted molar refractivity (Wildman–Crippen MR) is 71.1 cm³/mol. The number of nitrogens with zero attached hydrogens (tertiary/aromatic N) is 2. The molecule has 0 amide bonds. The summed E-state index contributed by atoms with van der Waals surface area (Å²) in [4.78, 5) is 0. The molecule has 0 aromatic carbocycles. The molecule has 1 N–H and O–H groups in total. The normalized spacial score (nSPS) is 32.1. The van der Waals surface area contributed by atoms with E-state index in [1.54, 1.807) is 0 Å². The molecular formula is C15H24N2O. The van der Waals surface area contributed by atoms with E-state index in [2.05, 4.69) is 12.0 Å². The molecule has 3 nitrogen and oxygen atoms in total. The highest BCUT2D eigenvalue weighted by Gasteiger charge is 2.40. The molecule has 2 aliphatic carbocycles. The van der Waals surface area contributed by atoms with Crippen LogP contribution in [0, 0.1) is 17.8 Å². The monoisotopic (exact) mass is 248 g/mol. The first-order chi connectivity index (χ1) is 8.67. The SMILES string of the molecule is CCc1nn(C)cc1C(O)CC1CC2CCC1C2. The number of fused-ring (bicyclic) bond motifs is 2. The average Bonchev–Trinajstić information content (AvgIpc) is 3.02. The molecular weight excluding hydrogens is 224 g/mol. The summed E-state index contributed by atoms with van der Waals surface area (Å²) in [7, 11) is 1.94. The lowest BCUT2D eigenvalue weighted by atomic mass is 9.83.